The molecule has 0 bridgehead atoms. The van der Waals surface area contributed by atoms with Gasteiger partial charge < -0.3 is 0 Å². The first kappa shape index (κ1) is 10.9. The Morgan fingerprint density at radius 1 is 1.09 bits per heavy atom. The summed E-state index contributed by atoms with van der Waals surface area (Å²) in [6, 6.07) is 0. The molecule has 0 nitrogen and oxygen atoms in total. The molecule has 63 valence electrons. The minimum Gasteiger partial charge on any atom is -0.165 e. The molecular weight excluding hydrogens is 152 g/mol. The molecule has 0 spiro atoms. The second kappa shape index (κ2) is 9.91. The Morgan fingerprint density at radius 2 is 1.73 bits per heavy atom. The van der Waals surface area contributed by atoms with Crippen molar-refractivity contribution < 1.29 is 0 Å². The molecule has 0 rings (SSSR count). The van der Waals surface area contributed by atoms with Crippen LogP contribution in [-0.4, -0.2) is 12.0 Å². The van der Waals surface area contributed by atoms with Crippen molar-refractivity contribution in [2.24, 2.45) is 0 Å². The maximum absolute atomic E-state index is 6.70. The Hall–Kier alpha value is -0.0900. The molecule has 0 aromatic carbocycles. The van der Waals surface area contributed by atoms with E-state index >= 15 is 0 Å². The predicted molar refractivity (Wildman–Crippen MR) is 53.2 cm³/mol. The highest BCUT2D eigenvalue weighted by Crippen LogP contribution is 2.07. The van der Waals surface area contributed by atoms with Crippen LogP contribution in [0.15, 0.2) is 0 Å². The topological polar surface area (TPSA) is 0 Å². The Bertz CT molecular complexity index is 102. The van der Waals surface area contributed by atoms with Crippen LogP contribution in [-0.2, 0) is 0 Å². The summed E-state index contributed by atoms with van der Waals surface area (Å²) in [4.78, 5) is 0. The number of thioether (sulfide) groups is 1. The molecule has 0 saturated heterocycles. The number of rotatable bonds is 7. The summed E-state index contributed by atoms with van der Waals surface area (Å²) >= 11 is 1.93. The van der Waals surface area contributed by atoms with Gasteiger partial charge in [-0.2, -0.15) is 11.8 Å². The van der Waals surface area contributed by atoms with Crippen molar-refractivity contribution in [1.29, 1.82) is 0 Å². The standard InChI is InChI=1S/C10H17S/c1-3-4-5-6-7-8-9-10-11-2/h4-10H2,2H3. The molecule has 0 heterocycles. The molecule has 0 aromatic rings. The monoisotopic (exact) mass is 169 g/mol. The van der Waals surface area contributed by atoms with Gasteiger partial charge in [0.1, 0.15) is 0 Å². The third-order valence-corrected chi connectivity index (χ3v) is 2.35. The van der Waals surface area contributed by atoms with Crippen molar-refractivity contribution in [2.45, 2.75) is 38.5 Å². The first-order chi connectivity index (χ1) is 5.41. The quantitative estimate of drug-likeness (QED) is 0.416. The summed E-state index contributed by atoms with van der Waals surface area (Å²) in [5.74, 6) is 3.72. The van der Waals surface area contributed by atoms with E-state index in [9.17, 15) is 0 Å². The minimum absolute atomic E-state index is 0.850. The van der Waals surface area contributed by atoms with Crippen LogP contribution in [0.2, 0.25) is 0 Å². The molecule has 11 heavy (non-hydrogen) atoms. The Kier molecular flexibility index (Phi) is 9.83. The van der Waals surface area contributed by atoms with Gasteiger partial charge in [-0.3, -0.25) is 0 Å². The van der Waals surface area contributed by atoms with Crippen LogP contribution in [0.1, 0.15) is 38.5 Å². The molecule has 0 aliphatic rings. The lowest BCUT2D eigenvalue weighted by atomic mass is 10.1. The third kappa shape index (κ3) is 9.91. The molecule has 0 amide bonds. The molecule has 0 unspecified atom stereocenters. The zero-order valence-electron chi connectivity index (χ0n) is 7.36. The van der Waals surface area contributed by atoms with E-state index in [1.165, 1.54) is 31.4 Å². The fourth-order valence-electron chi connectivity index (χ4n) is 0.990. The van der Waals surface area contributed by atoms with Crippen LogP contribution < -0.4 is 0 Å². The average molecular weight is 169 g/mol. The minimum atomic E-state index is 0.850. The van der Waals surface area contributed by atoms with Crippen LogP contribution in [0.25, 0.3) is 0 Å². The van der Waals surface area contributed by atoms with Gasteiger partial charge >= 0.3 is 0 Å². The Labute approximate surface area is 75.1 Å². The second-order valence-corrected chi connectivity index (χ2v) is 3.67. The van der Waals surface area contributed by atoms with Crippen LogP contribution in [0.4, 0.5) is 0 Å². The largest absolute Gasteiger partial charge is 0.165 e. The zero-order valence-corrected chi connectivity index (χ0v) is 8.17. The summed E-state index contributed by atoms with van der Waals surface area (Å²) in [7, 11) is 0. The van der Waals surface area contributed by atoms with Crippen molar-refractivity contribution >= 4 is 11.8 Å². The SMILES string of the molecule is [C]#CCCCCCCCSC. The Morgan fingerprint density at radius 3 is 2.36 bits per heavy atom. The summed E-state index contributed by atoms with van der Waals surface area (Å²) in [6.45, 7) is 0. The molecule has 0 atom stereocenters. The van der Waals surface area contributed by atoms with Crippen molar-refractivity contribution in [2.75, 3.05) is 12.0 Å². The summed E-state index contributed by atoms with van der Waals surface area (Å²) in [5.41, 5.74) is 0. The molecule has 0 aliphatic carbocycles. The Balaban J connectivity index is 2.75. The maximum atomic E-state index is 6.70. The summed E-state index contributed by atoms with van der Waals surface area (Å²) in [6.07, 6.45) is 16.2. The fourth-order valence-corrected chi connectivity index (χ4v) is 1.48. The number of hydrogen-bond acceptors (Lipinski definition) is 1. The second-order valence-electron chi connectivity index (χ2n) is 2.69. The van der Waals surface area contributed by atoms with Gasteiger partial charge in [-0.25, -0.2) is 0 Å². The lowest BCUT2D eigenvalue weighted by Gasteiger charge is -1.97. The maximum Gasteiger partial charge on any atom is 0.00989 e. The smallest absolute Gasteiger partial charge is 0.00989 e. The lowest BCUT2D eigenvalue weighted by Crippen LogP contribution is -1.80. The van der Waals surface area contributed by atoms with E-state index in [-0.39, 0.29) is 0 Å². The van der Waals surface area contributed by atoms with E-state index in [0.717, 1.165) is 12.8 Å². The van der Waals surface area contributed by atoms with Crippen molar-refractivity contribution in [1.82, 2.24) is 0 Å². The zero-order chi connectivity index (χ0) is 8.36. The van der Waals surface area contributed by atoms with Gasteiger partial charge in [0.15, 0.2) is 0 Å². The van der Waals surface area contributed by atoms with Gasteiger partial charge in [0.2, 0.25) is 0 Å². The first-order valence-electron chi connectivity index (χ1n) is 4.30. The number of unbranched alkanes of at least 4 members (excludes halogenated alkanes) is 5. The van der Waals surface area contributed by atoms with E-state index in [4.69, 9.17) is 6.42 Å². The van der Waals surface area contributed by atoms with Gasteiger partial charge in [0.25, 0.3) is 0 Å². The fraction of sp³-hybridized carbons (Fsp3) is 0.800. The molecule has 1 radical (unpaired) electrons. The first-order valence-corrected chi connectivity index (χ1v) is 5.69. The highest BCUT2D eigenvalue weighted by Gasteiger charge is 1.88. The van der Waals surface area contributed by atoms with Gasteiger partial charge in [-0.05, 0) is 31.3 Å². The highest BCUT2D eigenvalue weighted by molar-refractivity contribution is 7.98. The summed E-state index contributed by atoms with van der Waals surface area (Å²) in [5, 5.41) is 0. The molecule has 0 aromatic heterocycles. The van der Waals surface area contributed by atoms with E-state index < -0.39 is 0 Å². The van der Waals surface area contributed by atoms with E-state index in [1.54, 1.807) is 0 Å². The summed E-state index contributed by atoms with van der Waals surface area (Å²) < 4.78 is 0. The third-order valence-electron chi connectivity index (χ3n) is 1.65. The molecular formula is C10H17S. The molecule has 0 aliphatic heterocycles. The van der Waals surface area contributed by atoms with Crippen LogP contribution in [0.3, 0.4) is 0 Å². The van der Waals surface area contributed by atoms with Crippen LogP contribution >= 0.6 is 11.8 Å². The van der Waals surface area contributed by atoms with Crippen LogP contribution in [0.5, 0.6) is 0 Å². The van der Waals surface area contributed by atoms with Gasteiger partial charge in [-0.15, -0.1) is 0 Å². The van der Waals surface area contributed by atoms with E-state index in [0.29, 0.717) is 0 Å². The highest BCUT2D eigenvalue weighted by atomic mass is 32.2. The van der Waals surface area contributed by atoms with Crippen LogP contribution in [0, 0.1) is 12.3 Å². The van der Waals surface area contributed by atoms with E-state index in [1.807, 2.05) is 11.8 Å². The molecule has 0 saturated carbocycles. The number of hydrogen-bond donors (Lipinski definition) is 0. The van der Waals surface area contributed by atoms with Crippen molar-refractivity contribution in [3.63, 3.8) is 0 Å². The molecule has 1 heteroatoms. The van der Waals surface area contributed by atoms with Gasteiger partial charge in [-0.1, -0.05) is 25.2 Å². The predicted octanol–water partition coefficient (Wildman–Crippen LogP) is 3.28. The molecule has 0 fully saturated rings. The van der Waals surface area contributed by atoms with Gasteiger partial charge in [0, 0.05) is 6.42 Å². The lowest BCUT2D eigenvalue weighted by molar-refractivity contribution is 0.644. The normalized spacial score (nSPS) is 9.45. The molecule has 0 N–H and O–H groups in total. The van der Waals surface area contributed by atoms with E-state index in [2.05, 4.69) is 12.2 Å². The van der Waals surface area contributed by atoms with Gasteiger partial charge in [0.05, 0.1) is 0 Å². The average Bonchev–Trinajstić information content (AvgIpc) is 2.03. The van der Waals surface area contributed by atoms with Crippen molar-refractivity contribution in [3.05, 3.63) is 6.42 Å². The van der Waals surface area contributed by atoms with Crippen molar-refractivity contribution in [3.8, 4) is 5.92 Å².